The minimum Gasteiger partial charge on any atom is -0.337 e. The fraction of sp³-hybridized carbons (Fsp3) is 0.444. The fourth-order valence-corrected chi connectivity index (χ4v) is 3.94. The maximum absolute atomic E-state index is 13.0. The lowest BCUT2D eigenvalue weighted by Gasteiger charge is -2.36. The lowest BCUT2D eigenvalue weighted by atomic mass is 9.73. The molecular weight excluding hydrogens is 356 g/mol. The van der Waals surface area contributed by atoms with Crippen LogP contribution in [0, 0.1) is 5.92 Å². The van der Waals surface area contributed by atoms with Gasteiger partial charge < -0.3 is 9.84 Å². The number of imide groups is 1. The molecule has 7 nitrogen and oxygen atoms in total. The number of halogens is 1. The highest BCUT2D eigenvalue weighted by Gasteiger charge is 2.55. The average Bonchev–Trinajstić information content (AvgIpc) is 3.18. The first-order chi connectivity index (χ1) is 12.5. The molecule has 1 aromatic heterocycles. The Kier molecular flexibility index (Phi) is 4.19. The predicted molar refractivity (Wildman–Crippen MR) is 94.2 cm³/mol. The number of hydrogen-bond donors (Lipinski definition) is 1. The summed E-state index contributed by atoms with van der Waals surface area (Å²) in [4.78, 5) is 30.9. The van der Waals surface area contributed by atoms with Crippen LogP contribution in [-0.4, -0.2) is 32.5 Å². The molecule has 1 N–H and O–H groups in total. The van der Waals surface area contributed by atoms with Crippen molar-refractivity contribution in [2.45, 2.75) is 44.7 Å². The molecule has 2 aliphatic rings. The first kappa shape index (κ1) is 17.0. The molecule has 0 bridgehead atoms. The van der Waals surface area contributed by atoms with Crippen LogP contribution in [0.2, 0.25) is 5.02 Å². The number of amides is 3. The summed E-state index contributed by atoms with van der Waals surface area (Å²) in [5.41, 5.74) is -0.0343. The van der Waals surface area contributed by atoms with Crippen LogP contribution in [0.5, 0.6) is 0 Å². The number of carbonyl (C=O) groups excluding carboxylic acids is 2. The Hall–Kier alpha value is -2.41. The quantitative estimate of drug-likeness (QED) is 0.832. The van der Waals surface area contributed by atoms with Crippen molar-refractivity contribution in [2.75, 3.05) is 0 Å². The van der Waals surface area contributed by atoms with Crippen molar-refractivity contribution in [1.29, 1.82) is 0 Å². The molecule has 4 rings (SSSR count). The Morgan fingerprint density at radius 3 is 2.81 bits per heavy atom. The number of nitrogens with one attached hydrogen (secondary N) is 1. The van der Waals surface area contributed by atoms with Crippen molar-refractivity contribution in [3.05, 3.63) is 35.2 Å². The Labute approximate surface area is 155 Å². The largest absolute Gasteiger partial charge is 0.337 e. The third-order valence-corrected chi connectivity index (χ3v) is 5.62. The van der Waals surface area contributed by atoms with E-state index in [0.29, 0.717) is 17.3 Å². The van der Waals surface area contributed by atoms with Gasteiger partial charge >= 0.3 is 6.03 Å². The lowest BCUT2D eigenvalue weighted by Crippen LogP contribution is -2.53. The monoisotopic (exact) mass is 374 g/mol. The van der Waals surface area contributed by atoms with Gasteiger partial charge in [0, 0.05) is 10.6 Å². The molecule has 26 heavy (non-hydrogen) atoms. The van der Waals surface area contributed by atoms with Crippen LogP contribution in [0.3, 0.4) is 0 Å². The van der Waals surface area contributed by atoms with Crippen molar-refractivity contribution in [2.24, 2.45) is 5.92 Å². The molecule has 3 amide bonds. The van der Waals surface area contributed by atoms with Crippen LogP contribution in [-0.2, 0) is 11.3 Å². The zero-order valence-electron chi connectivity index (χ0n) is 14.4. The van der Waals surface area contributed by atoms with E-state index in [1.807, 2.05) is 6.92 Å². The Morgan fingerprint density at radius 1 is 1.31 bits per heavy atom. The van der Waals surface area contributed by atoms with E-state index in [2.05, 4.69) is 15.5 Å². The summed E-state index contributed by atoms with van der Waals surface area (Å²) in [6.07, 6.45) is 3.63. The summed E-state index contributed by atoms with van der Waals surface area (Å²) < 4.78 is 5.24. The highest BCUT2D eigenvalue weighted by atomic mass is 35.5. The second kappa shape index (κ2) is 6.39. The van der Waals surface area contributed by atoms with Gasteiger partial charge in [-0.05, 0) is 43.0 Å². The van der Waals surface area contributed by atoms with E-state index in [1.165, 1.54) is 4.90 Å². The normalized spacial score (nSPS) is 25.8. The van der Waals surface area contributed by atoms with E-state index < -0.39 is 11.6 Å². The van der Waals surface area contributed by atoms with E-state index in [0.717, 1.165) is 24.8 Å². The maximum atomic E-state index is 13.0. The Balaban J connectivity index is 1.53. The molecule has 1 aromatic carbocycles. The predicted octanol–water partition coefficient (Wildman–Crippen LogP) is 3.39. The van der Waals surface area contributed by atoms with Crippen molar-refractivity contribution < 1.29 is 14.1 Å². The fourth-order valence-electron chi connectivity index (χ4n) is 3.81. The molecule has 1 aliphatic carbocycles. The van der Waals surface area contributed by atoms with Gasteiger partial charge in [0.1, 0.15) is 12.1 Å². The second-order valence-corrected chi connectivity index (χ2v) is 7.39. The van der Waals surface area contributed by atoms with Gasteiger partial charge in [-0.1, -0.05) is 36.5 Å². The van der Waals surface area contributed by atoms with Crippen LogP contribution in [0.25, 0.3) is 11.4 Å². The smallest absolute Gasteiger partial charge is 0.325 e. The van der Waals surface area contributed by atoms with E-state index in [4.69, 9.17) is 16.1 Å². The molecule has 2 heterocycles. The van der Waals surface area contributed by atoms with Gasteiger partial charge in [0.05, 0.1) is 0 Å². The molecule has 1 saturated heterocycles. The van der Waals surface area contributed by atoms with Crippen molar-refractivity contribution >= 4 is 23.5 Å². The number of aromatic nitrogens is 2. The van der Waals surface area contributed by atoms with Gasteiger partial charge in [-0.2, -0.15) is 4.98 Å². The second-order valence-electron chi connectivity index (χ2n) is 6.96. The number of rotatable bonds is 3. The van der Waals surface area contributed by atoms with E-state index in [-0.39, 0.29) is 24.3 Å². The summed E-state index contributed by atoms with van der Waals surface area (Å²) >= 11 is 5.88. The van der Waals surface area contributed by atoms with Gasteiger partial charge in [-0.15, -0.1) is 0 Å². The third-order valence-electron chi connectivity index (χ3n) is 5.37. The molecule has 1 saturated carbocycles. The molecule has 0 radical (unpaired) electrons. The standard InChI is InChI=1S/C18H19ClN4O3/c1-11-4-2-3-9-18(11)16(24)23(17(25)21-18)10-14-20-15(22-26-14)12-5-7-13(19)8-6-12/h5-8,11H,2-4,9-10H2,1H3,(H,21,25). The number of benzene rings is 1. The summed E-state index contributed by atoms with van der Waals surface area (Å²) in [6, 6.07) is 6.64. The van der Waals surface area contributed by atoms with Crippen LogP contribution in [0.1, 0.15) is 38.5 Å². The molecule has 1 aliphatic heterocycles. The number of hydrogen-bond acceptors (Lipinski definition) is 5. The third kappa shape index (κ3) is 2.76. The SMILES string of the molecule is CC1CCCCC12NC(=O)N(Cc1nc(-c3ccc(Cl)cc3)no1)C2=O. The minimum absolute atomic E-state index is 0.0280. The van der Waals surface area contributed by atoms with E-state index >= 15 is 0 Å². The Bertz CT molecular complexity index is 850. The summed E-state index contributed by atoms with van der Waals surface area (Å²) in [5, 5.41) is 7.46. The lowest BCUT2D eigenvalue weighted by molar-refractivity contribution is -0.134. The topological polar surface area (TPSA) is 88.3 Å². The average molecular weight is 375 g/mol. The first-order valence-corrected chi connectivity index (χ1v) is 9.10. The molecule has 8 heteroatoms. The summed E-state index contributed by atoms with van der Waals surface area (Å²) in [7, 11) is 0. The van der Waals surface area contributed by atoms with Crippen LogP contribution in [0.4, 0.5) is 4.79 Å². The van der Waals surface area contributed by atoms with Crippen molar-refractivity contribution in [3.63, 3.8) is 0 Å². The van der Waals surface area contributed by atoms with Gasteiger partial charge in [0.15, 0.2) is 0 Å². The highest BCUT2D eigenvalue weighted by Crippen LogP contribution is 2.38. The molecule has 2 atom stereocenters. The summed E-state index contributed by atoms with van der Waals surface area (Å²) in [5.74, 6) is 0.536. The molecule has 1 spiro atoms. The number of carbonyl (C=O) groups is 2. The maximum Gasteiger partial charge on any atom is 0.325 e. The first-order valence-electron chi connectivity index (χ1n) is 8.72. The number of nitrogens with zero attached hydrogens (tertiary/aromatic N) is 3. The van der Waals surface area contributed by atoms with Gasteiger partial charge in [-0.25, -0.2) is 4.79 Å². The van der Waals surface area contributed by atoms with Gasteiger partial charge in [-0.3, -0.25) is 9.69 Å². The summed E-state index contributed by atoms with van der Waals surface area (Å²) in [6.45, 7) is 1.99. The Morgan fingerprint density at radius 2 is 2.08 bits per heavy atom. The van der Waals surface area contributed by atoms with E-state index in [1.54, 1.807) is 24.3 Å². The minimum atomic E-state index is -0.783. The van der Waals surface area contributed by atoms with Crippen LogP contribution >= 0.6 is 11.6 Å². The number of urea groups is 1. The molecular formula is C18H19ClN4O3. The molecule has 2 aromatic rings. The van der Waals surface area contributed by atoms with E-state index in [9.17, 15) is 9.59 Å². The molecule has 136 valence electrons. The highest BCUT2D eigenvalue weighted by molar-refractivity contribution is 6.30. The van der Waals surface area contributed by atoms with Crippen LogP contribution < -0.4 is 5.32 Å². The van der Waals surface area contributed by atoms with Gasteiger partial charge in [0.2, 0.25) is 11.7 Å². The zero-order chi connectivity index (χ0) is 18.3. The molecule has 2 fully saturated rings. The van der Waals surface area contributed by atoms with Crippen molar-refractivity contribution in [3.8, 4) is 11.4 Å². The molecule has 2 unspecified atom stereocenters. The van der Waals surface area contributed by atoms with Crippen LogP contribution in [0.15, 0.2) is 28.8 Å². The zero-order valence-corrected chi connectivity index (χ0v) is 15.1. The van der Waals surface area contributed by atoms with Crippen molar-refractivity contribution in [1.82, 2.24) is 20.4 Å². The van der Waals surface area contributed by atoms with Gasteiger partial charge in [0.25, 0.3) is 5.91 Å².